The minimum Gasteiger partial charge on any atom is -0.439 e. The van der Waals surface area contributed by atoms with Crippen molar-refractivity contribution in [3.63, 3.8) is 0 Å². The lowest BCUT2D eigenvalue weighted by molar-refractivity contribution is 0.506. The van der Waals surface area contributed by atoms with Crippen LogP contribution in [0.3, 0.4) is 0 Å². The summed E-state index contributed by atoms with van der Waals surface area (Å²) in [5.74, 6) is 1.67. The van der Waals surface area contributed by atoms with Gasteiger partial charge in [0.15, 0.2) is 0 Å². The fourth-order valence-electron chi connectivity index (χ4n) is 6.14. The summed E-state index contributed by atoms with van der Waals surface area (Å²) >= 11 is 0. The third-order valence-electron chi connectivity index (χ3n) is 8.93. The summed E-state index contributed by atoms with van der Waals surface area (Å²) in [6.45, 7) is 8.08. The number of hydrogen-bond donors (Lipinski definition) is 1. The molecule has 0 aromatic heterocycles. The molecule has 51 heavy (non-hydrogen) atoms. The monoisotopic (exact) mass is 660 g/mol. The summed E-state index contributed by atoms with van der Waals surface area (Å²) in [4.78, 5) is 0. The van der Waals surface area contributed by atoms with Crippen LogP contribution >= 0.6 is 0 Å². The quantitative estimate of drug-likeness (QED) is 0.100. The molecule has 247 valence electrons. The summed E-state index contributed by atoms with van der Waals surface area (Å²) in [5, 5.41) is 17.8. The molecule has 0 amide bonds. The molecule has 0 fully saturated rings. The van der Waals surface area contributed by atoms with Gasteiger partial charge in [0.2, 0.25) is 5.90 Å². The highest BCUT2D eigenvalue weighted by atomic mass is 16.5. The molecule has 0 spiro atoms. The fourth-order valence-corrected chi connectivity index (χ4v) is 6.14. The highest BCUT2D eigenvalue weighted by molar-refractivity contribution is 6.33. The van der Waals surface area contributed by atoms with E-state index in [9.17, 15) is 0 Å². The van der Waals surface area contributed by atoms with E-state index in [1.54, 1.807) is 0 Å². The van der Waals surface area contributed by atoms with Crippen molar-refractivity contribution in [3.8, 4) is 22.3 Å². The van der Waals surface area contributed by atoms with Gasteiger partial charge < -0.3 is 4.74 Å². The van der Waals surface area contributed by atoms with E-state index in [0.717, 1.165) is 62.4 Å². The third-order valence-corrected chi connectivity index (χ3v) is 8.93. The van der Waals surface area contributed by atoms with Crippen LogP contribution in [0.5, 0.6) is 0 Å². The number of ether oxygens (including phenoxy) is 1. The van der Waals surface area contributed by atoms with Crippen molar-refractivity contribution in [2.75, 3.05) is 0 Å². The van der Waals surface area contributed by atoms with Crippen LogP contribution in [0.25, 0.3) is 33.6 Å². The zero-order valence-electron chi connectivity index (χ0n) is 28.8. The standard InChI is InChI=1S/C45H32N3O.C2H6/c1-30(49-45(46)40-27-22-35(23-28-40)33-11-6-3-7-12-33)31-15-17-36(18-16-31)37-20-25-39(26-21-37)44-42-29-41(42)43(47-48-44)38-14-8-13-34(19-24-38)32-9-4-2-5-10-32;1-2/h2-7,9-29,46H,1,8H2;1-2H3. The maximum atomic E-state index is 8.48. The Morgan fingerprint density at radius 1 is 0.549 bits per heavy atom. The Kier molecular flexibility index (Phi) is 9.75. The lowest BCUT2D eigenvalue weighted by atomic mass is 9.96. The van der Waals surface area contributed by atoms with Gasteiger partial charge in [-0.05, 0) is 63.1 Å². The molecule has 0 saturated carbocycles. The molecule has 1 N–H and O–H groups in total. The molecule has 3 aliphatic rings. The largest absolute Gasteiger partial charge is 0.439 e. The van der Waals surface area contributed by atoms with Crippen LogP contribution in [-0.2, 0) is 4.74 Å². The number of fused-ring (bicyclic) bond motifs is 1. The molecule has 2 aliphatic carbocycles. The molecule has 0 atom stereocenters. The molecule has 0 unspecified atom stereocenters. The first-order valence-corrected chi connectivity index (χ1v) is 17.3. The molecule has 4 heteroatoms. The van der Waals surface area contributed by atoms with Crippen LogP contribution < -0.4 is 0 Å². The van der Waals surface area contributed by atoms with E-state index in [4.69, 9.17) is 10.1 Å². The number of hydrogen-bond acceptors (Lipinski definition) is 4. The van der Waals surface area contributed by atoms with Gasteiger partial charge in [-0.25, -0.2) is 0 Å². The Labute approximate surface area is 300 Å². The molecule has 0 bridgehead atoms. The van der Waals surface area contributed by atoms with Gasteiger partial charge in [0.1, 0.15) is 5.76 Å². The second-order valence-corrected chi connectivity index (χ2v) is 12.1. The summed E-state index contributed by atoms with van der Waals surface area (Å²) in [6, 6.07) is 44.9. The lowest BCUT2D eigenvalue weighted by Gasteiger charge is -2.13. The number of nitrogens with one attached hydrogen (secondary N) is 1. The maximum absolute atomic E-state index is 8.48. The minimum absolute atomic E-state index is 0.0640. The van der Waals surface area contributed by atoms with Crippen molar-refractivity contribution < 1.29 is 4.74 Å². The van der Waals surface area contributed by atoms with Crippen molar-refractivity contribution in [1.82, 2.24) is 0 Å². The Hall–Kier alpha value is -6.39. The van der Waals surface area contributed by atoms with Gasteiger partial charge in [-0.2, -0.15) is 5.10 Å². The second-order valence-electron chi connectivity index (χ2n) is 12.1. The van der Waals surface area contributed by atoms with E-state index in [1.807, 2.05) is 86.6 Å². The lowest BCUT2D eigenvalue weighted by Crippen LogP contribution is -2.13. The SMILES string of the molecule is C=C(OC(=N)c1ccc(-c2ccccc2)cc1)c1ccc(-c2ccc(C3=NN=C(C4=CCC=C(c5ccccc5)C=C4)[C]4C=C43)cc2)cc1.CC. The fraction of sp³-hybridized carbons (Fsp3) is 0.0638. The average molecular weight is 661 g/mol. The van der Waals surface area contributed by atoms with Gasteiger partial charge in [0.05, 0.1) is 17.3 Å². The molecule has 4 nitrogen and oxygen atoms in total. The smallest absolute Gasteiger partial charge is 0.219 e. The Morgan fingerprint density at radius 2 is 1.02 bits per heavy atom. The highest BCUT2D eigenvalue weighted by Gasteiger charge is 2.39. The second kappa shape index (κ2) is 15.0. The first kappa shape index (κ1) is 33.1. The van der Waals surface area contributed by atoms with Crippen molar-refractivity contribution in [2.24, 2.45) is 10.2 Å². The van der Waals surface area contributed by atoms with Crippen LogP contribution in [0, 0.1) is 11.3 Å². The molecular formula is C47H38N3O. The van der Waals surface area contributed by atoms with Crippen molar-refractivity contribution >= 4 is 28.7 Å². The first-order valence-electron chi connectivity index (χ1n) is 17.3. The van der Waals surface area contributed by atoms with Crippen LogP contribution in [0.4, 0.5) is 0 Å². The topological polar surface area (TPSA) is 57.8 Å². The van der Waals surface area contributed by atoms with Gasteiger partial charge >= 0.3 is 0 Å². The van der Waals surface area contributed by atoms with Gasteiger partial charge in [-0.1, -0.05) is 172 Å². The van der Waals surface area contributed by atoms with Crippen molar-refractivity contribution in [3.05, 3.63) is 210 Å². The third kappa shape index (κ3) is 7.31. The summed E-state index contributed by atoms with van der Waals surface area (Å²) < 4.78 is 5.83. The Balaban J connectivity index is 0.00000200. The molecule has 1 heterocycles. The molecule has 0 saturated heterocycles. The Morgan fingerprint density at radius 3 is 1.65 bits per heavy atom. The molecule has 5 aromatic rings. The predicted octanol–water partition coefficient (Wildman–Crippen LogP) is 11.7. The Bertz CT molecular complexity index is 2250. The normalized spacial score (nSPS) is 14.6. The van der Waals surface area contributed by atoms with E-state index in [1.165, 1.54) is 17.1 Å². The maximum Gasteiger partial charge on any atom is 0.219 e. The predicted molar refractivity (Wildman–Crippen MR) is 214 cm³/mol. The van der Waals surface area contributed by atoms with E-state index in [0.29, 0.717) is 11.3 Å². The van der Waals surface area contributed by atoms with Crippen LogP contribution in [0.15, 0.2) is 192 Å². The average Bonchev–Trinajstić information content (AvgIpc) is 4.04. The molecule has 5 aromatic carbocycles. The summed E-state index contributed by atoms with van der Waals surface area (Å²) in [6.07, 6.45) is 11.8. The van der Waals surface area contributed by atoms with E-state index in [-0.39, 0.29) is 5.90 Å². The number of allylic oxidation sites excluding steroid dienone is 8. The van der Waals surface area contributed by atoms with Gasteiger partial charge in [-0.3, -0.25) is 5.41 Å². The van der Waals surface area contributed by atoms with Crippen LogP contribution in [0.2, 0.25) is 0 Å². The van der Waals surface area contributed by atoms with Crippen LogP contribution in [-0.4, -0.2) is 17.3 Å². The molecule has 1 radical (unpaired) electrons. The summed E-state index contributed by atoms with van der Waals surface area (Å²) in [5.41, 5.74) is 13.5. The highest BCUT2D eigenvalue weighted by Crippen LogP contribution is 2.42. The van der Waals surface area contributed by atoms with Crippen molar-refractivity contribution in [1.29, 1.82) is 5.41 Å². The number of benzene rings is 5. The molecule has 8 rings (SSSR count). The zero-order chi connectivity index (χ0) is 35.2. The number of nitrogens with zero attached hydrogens (tertiary/aromatic N) is 2. The molecular weight excluding hydrogens is 623 g/mol. The van der Waals surface area contributed by atoms with E-state index >= 15 is 0 Å². The number of rotatable bonds is 8. The van der Waals surface area contributed by atoms with Gasteiger partial charge in [-0.15, -0.1) is 5.10 Å². The van der Waals surface area contributed by atoms with Gasteiger partial charge in [0, 0.05) is 16.7 Å². The molecule has 1 aliphatic heterocycles. The minimum atomic E-state index is 0.0640. The summed E-state index contributed by atoms with van der Waals surface area (Å²) in [7, 11) is 0. The van der Waals surface area contributed by atoms with E-state index < -0.39 is 0 Å². The first-order chi connectivity index (χ1) is 25.1. The van der Waals surface area contributed by atoms with Gasteiger partial charge in [0.25, 0.3) is 0 Å². The van der Waals surface area contributed by atoms with Crippen molar-refractivity contribution in [2.45, 2.75) is 20.3 Å². The van der Waals surface area contributed by atoms with E-state index in [2.05, 4.69) is 108 Å². The van der Waals surface area contributed by atoms with Crippen LogP contribution in [0.1, 0.15) is 42.5 Å². The zero-order valence-corrected chi connectivity index (χ0v) is 28.8.